The average Bonchev–Trinajstić information content (AvgIpc) is 2.55. The molecule has 0 aliphatic heterocycles. The van der Waals surface area contributed by atoms with Crippen LogP contribution in [0.4, 0.5) is 5.95 Å². The van der Waals surface area contributed by atoms with Gasteiger partial charge in [0.25, 0.3) is 0 Å². The van der Waals surface area contributed by atoms with E-state index in [4.69, 9.17) is 0 Å². The third-order valence-corrected chi connectivity index (χ3v) is 3.43. The van der Waals surface area contributed by atoms with Gasteiger partial charge in [-0.1, -0.05) is 32.9 Å². The summed E-state index contributed by atoms with van der Waals surface area (Å²) in [7, 11) is 2.05. The highest BCUT2D eigenvalue weighted by molar-refractivity contribution is 5.78. The van der Waals surface area contributed by atoms with Crippen molar-refractivity contribution in [3.05, 3.63) is 24.3 Å². The summed E-state index contributed by atoms with van der Waals surface area (Å²) in [6.45, 7) is 8.88. The molecule has 0 saturated heterocycles. The summed E-state index contributed by atoms with van der Waals surface area (Å²) in [6, 6.07) is 8.57. The Morgan fingerprint density at radius 1 is 1.24 bits per heavy atom. The van der Waals surface area contributed by atoms with Gasteiger partial charge in [0.05, 0.1) is 11.0 Å². The van der Waals surface area contributed by atoms with Crippen molar-refractivity contribution in [2.24, 2.45) is 12.5 Å². The Morgan fingerprint density at radius 3 is 2.47 bits per heavy atom. The number of nitrogens with zero attached hydrogens (tertiary/aromatic N) is 2. The molecule has 3 nitrogen and oxygen atoms in total. The molecule has 0 fully saturated rings. The largest absolute Gasteiger partial charge is 0.353 e. The van der Waals surface area contributed by atoms with Gasteiger partial charge >= 0.3 is 0 Å². The number of aryl methyl sites for hydroxylation is 1. The predicted molar refractivity (Wildman–Crippen MR) is 73.3 cm³/mol. The molecule has 0 aliphatic rings. The molecule has 3 heteroatoms. The van der Waals surface area contributed by atoms with Gasteiger partial charge in [-0.3, -0.25) is 0 Å². The summed E-state index contributed by atoms with van der Waals surface area (Å²) in [5.41, 5.74) is 2.42. The van der Waals surface area contributed by atoms with Crippen molar-refractivity contribution in [1.82, 2.24) is 9.55 Å². The number of fused-ring (bicyclic) bond motifs is 1. The number of benzene rings is 1. The molecule has 0 radical (unpaired) electrons. The minimum absolute atomic E-state index is 0.220. The second-order valence-corrected chi connectivity index (χ2v) is 5.72. The van der Waals surface area contributed by atoms with Gasteiger partial charge in [-0.15, -0.1) is 0 Å². The molecular formula is C14H21N3. The third-order valence-electron chi connectivity index (χ3n) is 3.43. The van der Waals surface area contributed by atoms with Crippen LogP contribution in [-0.2, 0) is 7.05 Å². The minimum atomic E-state index is 0.220. The molecule has 1 unspecified atom stereocenters. The molecular weight excluding hydrogens is 210 g/mol. The van der Waals surface area contributed by atoms with E-state index >= 15 is 0 Å². The fourth-order valence-corrected chi connectivity index (χ4v) is 1.68. The Balaban J connectivity index is 2.34. The van der Waals surface area contributed by atoms with E-state index in [9.17, 15) is 0 Å². The lowest BCUT2D eigenvalue weighted by atomic mass is 9.88. The van der Waals surface area contributed by atoms with Crippen LogP contribution in [0.1, 0.15) is 27.7 Å². The van der Waals surface area contributed by atoms with Crippen LogP contribution in [0.5, 0.6) is 0 Å². The number of hydrogen-bond donors (Lipinski definition) is 1. The van der Waals surface area contributed by atoms with Gasteiger partial charge in [-0.05, 0) is 24.5 Å². The molecule has 0 saturated carbocycles. The third kappa shape index (κ3) is 2.28. The monoisotopic (exact) mass is 231 g/mol. The molecule has 1 heterocycles. The lowest BCUT2D eigenvalue weighted by Crippen LogP contribution is -2.31. The van der Waals surface area contributed by atoms with Crippen LogP contribution in [0.15, 0.2) is 24.3 Å². The van der Waals surface area contributed by atoms with E-state index in [2.05, 4.69) is 48.6 Å². The van der Waals surface area contributed by atoms with Gasteiger partial charge in [-0.25, -0.2) is 4.98 Å². The predicted octanol–water partition coefficient (Wildman–Crippen LogP) is 3.42. The van der Waals surface area contributed by atoms with E-state index in [-0.39, 0.29) is 5.41 Å². The van der Waals surface area contributed by atoms with Gasteiger partial charge < -0.3 is 9.88 Å². The van der Waals surface area contributed by atoms with E-state index in [1.807, 2.05) is 25.2 Å². The van der Waals surface area contributed by atoms with Crippen molar-refractivity contribution in [3.63, 3.8) is 0 Å². The van der Waals surface area contributed by atoms with E-state index in [0.717, 1.165) is 17.0 Å². The van der Waals surface area contributed by atoms with Crippen LogP contribution in [0, 0.1) is 5.41 Å². The summed E-state index contributed by atoms with van der Waals surface area (Å²) in [6.07, 6.45) is 0. The minimum Gasteiger partial charge on any atom is -0.353 e. The van der Waals surface area contributed by atoms with Gasteiger partial charge in [-0.2, -0.15) is 0 Å². The maximum Gasteiger partial charge on any atom is 0.203 e. The average molecular weight is 231 g/mol. The summed E-state index contributed by atoms with van der Waals surface area (Å²) < 4.78 is 2.11. The second-order valence-electron chi connectivity index (χ2n) is 5.72. The summed E-state index contributed by atoms with van der Waals surface area (Å²) in [4.78, 5) is 4.62. The van der Waals surface area contributed by atoms with Crippen molar-refractivity contribution < 1.29 is 0 Å². The number of rotatable bonds is 2. The van der Waals surface area contributed by atoms with E-state index < -0.39 is 0 Å². The lowest BCUT2D eigenvalue weighted by Gasteiger charge is -2.28. The van der Waals surface area contributed by atoms with Gasteiger partial charge in [0.2, 0.25) is 5.95 Å². The van der Waals surface area contributed by atoms with E-state index in [1.165, 1.54) is 0 Å². The zero-order chi connectivity index (χ0) is 12.6. The fourth-order valence-electron chi connectivity index (χ4n) is 1.68. The fraction of sp³-hybridized carbons (Fsp3) is 0.500. The highest BCUT2D eigenvalue weighted by Gasteiger charge is 2.21. The maximum atomic E-state index is 4.62. The van der Waals surface area contributed by atoms with Crippen molar-refractivity contribution in [1.29, 1.82) is 0 Å². The smallest absolute Gasteiger partial charge is 0.203 e. The van der Waals surface area contributed by atoms with Crippen LogP contribution in [0.25, 0.3) is 11.0 Å². The molecule has 0 aliphatic carbocycles. The molecule has 1 aromatic heterocycles. The topological polar surface area (TPSA) is 29.9 Å². The zero-order valence-electron chi connectivity index (χ0n) is 11.3. The summed E-state index contributed by atoms with van der Waals surface area (Å²) >= 11 is 0. The van der Waals surface area contributed by atoms with Crippen LogP contribution < -0.4 is 5.32 Å². The highest BCUT2D eigenvalue weighted by Crippen LogP contribution is 2.24. The summed E-state index contributed by atoms with van der Waals surface area (Å²) in [5.74, 6) is 0.939. The molecule has 1 aromatic carbocycles. The van der Waals surface area contributed by atoms with Crippen LogP contribution in [0.2, 0.25) is 0 Å². The quantitative estimate of drug-likeness (QED) is 0.858. The molecule has 17 heavy (non-hydrogen) atoms. The van der Waals surface area contributed by atoms with Gasteiger partial charge in [0.1, 0.15) is 0 Å². The van der Waals surface area contributed by atoms with E-state index in [1.54, 1.807) is 0 Å². The highest BCUT2D eigenvalue weighted by atomic mass is 15.2. The number of hydrogen-bond acceptors (Lipinski definition) is 2. The van der Waals surface area contributed by atoms with Crippen LogP contribution in [-0.4, -0.2) is 15.6 Å². The molecule has 0 bridgehead atoms. The van der Waals surface area contributed by atoms with Crippen LogP contribution >= 0.6 is 0 Å². The van der Waals surface area contributed by atoms with Crippen molar-refractivity contribution in [3.8, 4) is 0 Å². The first-order chi connectivity index (χ1) is 7.89. The van der Waals surface area contributed by atoms with Crippen molar-refractivity contribution >= 4 is 17.0 Å². The first-order valence-electron chi connectivity index (χ1n) is 6.07. The van der Waals surface area contributed by atoms with Crippen molar-refractivity contribution in [2.75, 3.05) is 5.32 Å². The Bertz CT molecular complexity index is 520. The van der Waals surface area contributed by atoms with Gasteiger partial charge in [0, 0.05) is 13.1 Å². The maximum absolute atomic E-state index is 4.62. The van der Waals surface area contributed by atoms with Crippen LogP contribution in [0.3, 0.4) is 0 Å². The molecule has 0 amide bonds. The Kier molecular flexibility index (Phi) is 2.86. The molecule has 1 atom stereocenters. The molecule has 2 rings (SSSR count). The molecule has 1 N–H and O–H groups in total. The van der Waals surface area contributed by atoms with Crippen molar-refractivity contribution in [2.45, 2.75) is 33.7 Å². The lowest BCUT2D eigenvalue weighted by molar-refractivity contribution is 0.357. The Hall–Kier alpha value is -1.51. The SMILES string of the molecule is CC(Nc1nc2ccccc2n1C)C(C)(C)C. The number of anilines is 1. The molecule has 0 spiro atoms. The first kappa shape index (κ1) is 12.0. The standard InChI is InChI=1S/C14H21N3/c1-10(14(2,3)4)15-13-16-11-8-6-7-9-12(11)17(13)5/h6-10H,1-5H3,(H,15,16). The number of para-hydroxylation sites is 2. The zero-order valence-corrected chi connectivity index (χ0v) is 11.3. The Morgan fingerprint density at radius 2 is 1.88 bits per heavy atom. The first-order valence-corrected chi connectivity index (χ1v) is 6.07. The Labute approximate surface area is 103 Å². The molecule has 92 valence electrons. The van der Waals surface area contributed by atoms with Gasteiger partial charge in [0.15, 0.2) is 0 Å². The normalized spacial score (nSPS) is 13.9. The molecule has 2 aromatic rings. The number of imidazole rings is 1. The number of aromatic nitrogens is 2. The number of nitrogens with one attached hydrogen (secondary N) is 1. The van der Waals surface area contributed by atoms with E-state index in [0.29, 0.717) is 6.04 Å². The summed E-state index contributed by atoms with van der Waals surface area (Å²) in [5, 5.41) is 3.49. The second kappa shape index (κ2) is 4.06.